The molecule has 4 nitrogen and oxygen atoms in total. The van der Waals surface area contributed by atoms with Gasteiger partial charge < -0.3 is 19.5 Å². The van der Waals surface area contributed by atoms with Crippen LogP contribution in [0.3, 0.4) is 0 Å². The molecule has 0 saturated heterocycles. The highest BCUT2D eigenvalue weighted by atomic mass is 19.1. The molecule has 22 heavy (non-hydrogen) atoms. The fraction of sp³-hybridized carbons (Fsp3) is 0.294. The van der Waals surface area contributed by atoms with Gasteiger partial charge in [0.1, 0.15) is 11.9 Å². The molecule has 0 bridgehead atoms. The summed E-state index contributed by atoms with van der Waals surface area (Å²) in [6.45, 7) is 0.949. The van der Waals surface area contributed by atoms with Crippen LogP contribution < -0.4 is 19.5 Å². The van der Waals surface area contributed by atoms with E-state index in [4.69, 9.17) is 14.2 Å². The van der Waals surface area contributed by atoms with Gasteiger partial charge in [-0.2, -0.15) is 0 Å². The Morgan fingerprint density at radius 1 is 1.23 bits per heavy atom. The molecule has 1 atom stereocenters. The van der Waals surface area contributed by atoms with Crippen molar-refractivity contribution in [2.75, 3.05) is 20.4 Å². The SMILES string of the molecule is CNCCC(Oc1cccc2c1OCO2)c1cccc(F)c1. The third-order valence-corrected chi connectivity index (χ3v) is 3.51. The standard InChI is InChI=1S/C17H18FNO3/c1-19-9-8-14(12-4-2-5-13(18)10-12)22-16-7-3-6-15-17(16)21-11-20-15/h2-7,10,14,19H,8-9,11H2,1H3. The van der Waals surface area contributed by atoms with Gasteiger partial charge in [-0.15, -0.1) is 0 Å². The fourth-order valence-electron chi connectivity index (χ4n) is 2.43. The second-order valence-corrected chi connectivity index (χ2v) is 5.04. The Bertz CT molecular complexity index is 648. The minimum Gasteiger partial charge on any atom is -0.482 e. The van der Waals surface area contributed by atoms with E-state index in [0.717, 1.165) is 12.1 Å². The van der Waals surface area contributed by atoms with Gasteiger partial charge in [-0.1, -0.05) is 18.2 Å². The van der Waals surface area contributed by atoms with Gasteiger partial charge in [0.15, 0.2) is 11.5 Å². The van der Waals surface area contributed by atoms with Gasteiger partial charge in [0, 0.05) is 6.42 Å². The lowest BCUT2D eigenvalue weighted by molar-refractivity contribution is 0.158. The van der Waals surface area contributed by atoms with Gasteiger partial charge in [0.2, 0.25) is 12.5 Å². The largest absolute Gasteiger partial charge is 0.482 e. The zero-order chi connectivity index (χ0) is 15.4. The molecule has 2 aromatic carbocycles. The second-order valence-electron chi connectivity index (χ2n) is 5.04. The first-order valence-corrected chi connectivity index (χ1v) is 7.23. The molecule has 0 aliphatic carbocycles. The number of para-hydroxylation sites is 1. The summed E-state index contributed by atoms with van der Waals surface area (Å²) in [7, 11) is 1.87. The molecule has 0 aromatic heterocycles. The predicted octanol–water partition coefficient (Wildman–Crippen LogP) is 3.28. The first kappa shape index (κ1) is 14.7. The maximum atomic E-state index is 13.5. The molecule has 0 amide bonds. The van der Waals surface area contributed by atoms with E-state index in [1.54, 1.807) is 6.07 Å². The molecule has 0 fully saturated rings. The Labute approximate surface area is 128 Å². The van der Waals surface area contributed by atoms with Crippen molar-refractivity contribution in [1.82, 2.24) is 5.32 Å². The zero-order valence-corrected chi connectivity index (χ0v) is 12.3. The average Bonchev–Trinajstić information content (AvgIpc) is 3.00. The number of hydrogen-bond acceptors (Lipinski definition) is 4. The van der Waals surface area contributed by atoms with Crippen LogP contribution in [0.15, 0.2) is 42.5 Å². The summed E-state index contributed by atoms with van der Waals surface area (Å²) >= 11 is 0. The number of hydrogen-bond donors (Lipinski definition) is 1. The van der Waals surface area contributed by atoms with E-state index >= 15 is 0 Å². The van der Waals surface area contributed by atoms with Crippen molar-refractivity contribution in [2.45, 2.75) is 12.5 Å². The van der Waals surface area contributed by atoms with Crippen molar-refractivity contribution in [3.8, 4) is 17.2 Å². The molecule has 3 rings (SSSR count). The van der Waals surface area contributed by atoms with Crippen LogP contribution in [0.4, 0.5) is 4.39 Å². The van der Waals surface area contributed by atoms with Crippen LogP contribution in [0.2, 0.25) is 0 Å². The number of nitrogens with one attached hydrogen (secondary N) is 1. The van der Waals surface area contributed by atoms with Crippen LogP contribution in [0.25, 0.3) is 0 Å². The lowest BCUT2D eigenvalue weighted by Gasteiger charge is -2.20. The maximum absolute atomic E-state index is 13.5. The molecule has 1 N–H and O–H groups in total. The summed E-state index contributed by atoms with van der Waals surface area (Å²) in [5, 5.41) is 3.09. The topological polar surface area (TPSA) is 39.7 Å². The quantitative estimate of drug-likeness (QED) is 0.889. The van der Waals surface area contributed by atoms with Crippen molar-refractivity contribution in [3.05, 3.63) is 53.8 Å². The number of rotatable bonds is 6. The fourth-order valence-corrected chi connectivity index (χ4v) is 2.43. The highest BCUT2D eigenvalue weighted by molar-refractivity contribution is 5.52. The molecule has 116 valence electrons. The van der Waals surface area contributed by atoms with Gasteiger partial charge in [-0.05, 0) is 43.4 Å². The Balaban J connectivity index is 1.86. The van der Waals surface area contributed by atoms with Crippen LogP contribution in [0.1, 0.15) is 18.1 Å². The third kappa shape index (κ3) is 3.14. The minimum atomic E-state index is -0.270. The molecular formula is C17H18FNO3. The van der Waals surface area contributed by atoms with Gasteiger partial charge in [-0.3, -0.25) is 0 Å². The molecule has 1 unspecified atom stereocenters. The van der Waals surface area contributed by atoms with E-state index < -0.39 is 0 Å². The van der Waals surface area contributed by atoms with E-state index in [0.29, 0.717) is 23.7 Å². The Hall–Kier alpha value is -2.27. The lowest BCUT2D eigenvalue weighted by Crippen LogP contribution is -2.16. The van der Waals surface area contributed by atoms with Crippen LogP contribution in [-0.4, -0.2) is 20.4 Å². The summed E-state index contributed by atoms with van der Waals surface area (Å²) in [6.07, 6.45) is 0.448. The summed E-state index contributed by atoms with van der Waals surface area (Å²) in [6, 6.07) is 12.0. The van der Waals surface area contributed by atoms with Crippen LogP contribution in [0.5, 0.6) is 17.2 Å². The summed E-state index contributed by atoms with van der Waals surface area (Å²) in [4.78, 5) is 0. The van der Waals surface area contributed by atoms with E-state index in [9.17, 15) is 4.39 Å². The van der Waals surface area contributed by atoms with Crippen molar-refractivity contribution >= 4 is 0 Å². The normalized spacial score (nSPS) is 13.9. The zero-order valence-electron chi connectivity index (χ0n) is 12.3. The van der Waals surface area contributed by atoms with E-state index in [1.807, 2.05) is 31.3 Å². The summed E-state index contributed by atoms with van der Waals surface area (Å²) in [5.74, 6) is 1.62. The molecule has 0 radical (unpaired) electrons. The highest BCUT2D eigenvalue weighted by Crippen LogP contribution is 2.42. The number of halogens is 1. The monoisotopic (exact) mass is 303 g/mol. The molecule has 0 spiro atoms. The maximum Gasteiger partial charge on any atom is 0.231 e. The van der Waals surface area contributed by atoms with Crippen molar-refractivity contribution in [3.63, 3.8) is 0 Å². The Morgan fingerprint density at radius 3 is 2.91 bits per heavy atom. The summed E-state index contributed by atoms with van der Waals surface area (Å²) < 4.78 is 30.4. The van der Waals surface area contributed by atoms with Crippen molar-refractivity contribution < 1.29 is 18.6 Å². The van der Waals surface area contributed by atoms with Crippen LogP contribution in [-0.2, 0) is 0 Å². The van der Waals surface area contributed by atoms with Crippen molar-refractivity contribution in [1.29, 1.82) is 0 Å². The first-order chi connectivity index (χ1) is 10.8. The number of ether oxygens (including phenoxy) is 3. The van der Waals surface area contributed by atoms with Gasteiger partial charge in [-0.25, -0.2) is 4.39 Å². The van der Waals surface area contributed by atoms with E-state index in [-0.39, 0.29) is 18.7 Å². The lowest BCUT2D eigenvalue weighted by atomic mass is 10.1. The highest BCUT2D eigenvalue weighted by Gasteiger charge is 2.22. The van der Waals surface area contributed by atoms with E-state index in [1.165, 1.54) is 12.1 Å². The molecule has 0 saturated carbocycles. The summed E-state index contributed by atoms with van der Waals surface area (Å²) in [5.41, 5.74) is 0.798. The van der Waals surface area contributed by atoms with Crippen molar-refractivity contribution in [2.24, 2.45) is 0 Å². The Kier molecular flexibility index (Phi) is 4.44. The second kappa shape index (κ2) is 6.66. The smallest absolute Gasteiger partial charge is 0.231 e. The van der Waals surface area contributed by atoms with Gasteiger partial charge in [0.05, 0.1) is 0 Å². The average molecular weight is 303 g/mol. The van der Waals surface area contributed by atoms with Crippen LogP contribution in [0, 0.1) is 5.82 Å². The minimum absolute atomic E-state index is 0.191. The van der Waals surface area contributed by atoms with Gasteiger partial charge >= 0.3 is 0 Å². The van der Waals surface area contributed by atoms with E-state index in [2.05, 4.69) is 5.32 Å². The van der Waals surface area contributed by atoms with Crippen LogP contribution >= 0.6 is 0 Å². The predicted molar refractivity (Wildman–Crippen MR) is 80.9 cm³/mol. The molecule has 1 aliphatic rings. The van der Waals surface area contributed by atoms with Gasteiger partial charge in [0.25, 0.3) is 0 Å². The molecule has 1 heterocycles. The molecule has 5 heteroatoms. The molecule has 2 aromatic rings. The Morgan fingerprint density at radius 2 is 2.09 bits per heavy atom. The number of benzene rings is 2. The molecular weight excluding hydrogens is 285 g/mol. The first-order valence-electron chi connectivity index (χ1n) is 7.23. The third-order valence-electron chi connectivity index (χ3n) is 3.51. The number of fused-ring (bicyclic) bond motifs is 1. The molecule has 1 aliphatic heterocycles.